The largest absolute Gasteiger partial charge is 0.497 e. The fraction of sp³-hybridized carbons (Fsp3) is 0.360. The molecule has 8 nitrogen and oxygen atoms in total. The standard InChI is InChI=1S/C25H26N2O6/c1-15-6-11-20-21(12-15)24(30)27(23(20)29)18-9-7-16(8-10-18)25(31)33-14-22(28)26-17-4-3-5-19(13-17)32-2/h3-5,7-10,13,15,20-21H,6,11-12,14H2,1-2H3,(H,26,28)/t15-,20-,21+/m1/s1. The maximum absolute atomic E-state index is 12.8. The number of anilines is 2. The van der Waals surface area contributed by atoms with Gasteiger partial charge in [0.25, 0.3) is 5.91 Å². The van der Waals surface area contributed by atoms with Crippen LogP contribution in [0, 0.1) is 17.8 Å². The third-order valence-corrected chi connectivity index (χ3v) is 6.24. The van der Waals surface area contributed by atoms with E-state index in [1.54, 1.807) is 36.4 Å². The molecule has 2 aromatic rings. The third-order valence-electron chi connectivity index (χ3n) is 6.24. The van der Waals surface area contributed by atoms with E-state index in [2.05, 4.69) is 12.2 Å². The molecule has 4 rings (SSSR count). The monoisotopic (exact) mass is 450 g/mol. The van der Waals surface area contributed by atoms with Crippen LogP contribution in [0.5, 0.6) is 5.75 Å². The number of hydrogen-bond acceptors (Lipinski definition) is 6. The second kappa shape index (κ2) is 9.44. The number of fused-ring (bicyclic) bond motifs is 1. The van der Waals surface area contributed by atoms with Crippen molar-refractivity contribution in [2.45, 2.75) is 26.2 Å². The van der Waals surface area contributed by atoms with Gasteiger partial charge in [-0.15, -0.1) is 0 Å². The van der Waals surface area contributed by atoms with Crippen molar-refractivity contribution in [3.8, 4) is 5.75 Å². The first-order valence-corrected chi connectivity index (χ1v) is 11.0. The lowest BCUT2D eigenvalue weighted by atomic mass is 9.76. The van der Waals surface area contributed by atoms with Gasteiger partial charge < -0.3 is 14.8 Å². The molecule has 1 N–H and O–H groups in total. The van der Waals surface area contributed by atoms with Gasteiger partial charge in [0.1, 0.15) is 5.75 Å². The third kappa shape index (κ3) is 4.74. The van der Waals surface area contributed by atoms with E-state index in [0.717, 1.165) is 19.3 Å². The number of methoxy groups -OCH3 is 1. The maximum atomic E-state index is 12.8. The zero-order chi connectivity index (χ0) is 23.5. The minimum Gasteiger partial charge on any atom is -0.497 e. The summed E-state index contributed by atoms with van der Waals surface area (Å²) >= 11 is 0. The van der Waals surface area contributed by atoms with Crippen LogP contribution in [0.4, 0.5) is 11.4 Å². The Morgan fingerprint density at radius 2 is 1.76 bits per heavy atom. The van der Waals surface area contributed by atoms with Crippen LogP contribution in [0.25, 0.3) is 0 Å². The highest BCUT2D eigenvalue weighted by atomic mass is 16.5. The Morgan fingerprint density at radius 1 is 1.03 bits per heavy atom. The van der Waals surface area contributed by atoms with Crippen molar-refractivity contribution in [2.24, 2.45) is 17.8 Å². The van der Waals surface area contributed by atoms with E-state index in [0.29, 0.717) is 23.0 Å². The van der Waals surface area contributed by atoms with Gasteiger partial charge in [0.15, 0.2) is 6.61 Å². The van der Waals surface area contributed by atoms with Gasteiger partial charge in [0, 0.05) is 11.8 Å². The summed E-state index contributed by atoms with van der Waals surface area (Å²) in [5.74, 6) is -0.977. The molecule has 1 aliphatic carbocycles. The number of esters is 1. The number of nitrogens with zero attached hydrogens (tertiary/aromatic N) is 1. The normalized spacial score (nSPS) is 22.0. The lowest BCUT2D eigenvalue weighted by Crippen LogP contribution is -2.30. The molecule has 1 heterocycles. The van der Waals surface area contributed by atoms with Crippen molar-refractivity contribution in [1.82, 2.24) is 0 Å². The Balaban J connectivity index is 1.35. The van der Waals surface area contributed by atoms with Gasteiger partial charge in [-0.1, -0.05) is 13.0 Å². The Hall–Kier alpha value is -3.68. The maximum Gasteiger partial charge on any atom is 0.338 e. The SMILES string of the molecule is COc1cccc(NC(=O)COC(=O)c2ccc(N3C(=O)[C@H]4C[C@H](C)CC[C@H]4C3=O)cc2)c1. The number of carbonyl (C=O) groups excluding carboxylic acids is 4. The average molecular weight is 450 g/mol. The average Bonchev–Trinajstić information content (AvgIpc) is 3.06. The summed E-state index contributed by atoms with van der Waals surface area (Å²) in [6, 6.07) is 12.9. The molecule has 2 aromatic carbocycles. The molecule has 3 atom stereocenters. The molecule has 0 aromatic heterocycles. The molecule has 8 heteroatoms. The van der Waals surface area contributed by atoms with Crippen LogP contribution >= 0.6 is 0 Å². The molecule has 0 radical (unpaired) electrons. The lowest BCUT2D eigenvalue weighted by molar-refractivity contribution is -0.122. The van der Waals surface area contributed by atoms with E-state index >= 15 is 0 Å². The van der Waals surface area contributed by atoms with Crippen molar-refractivity contribution in [3.63, 3.8) is 0 Å². The molecule has 0 bridgehead atoms. The number of rotatable bonds is 6. The zero-order valence-corrected chi connectivity index (χ0v) is 18.6. The smallest absolute Gasteiger partial charge is 0.338 e. The van der Waals surface area contributed by atoms with Crippen LogP contribution in [-0.4, -0.2) is 37.4 Å². The van der Waals surface area contributed by atoms with Gasteiger partial charge >= 0.3 is 5.97 Å². The van der Waals surface area contributed by atoms with E-state index in [1.807, 2.05) is 0 Å². The first-order valence-electron chi connectivity index (χ1n) is 11.0. The Labute approximate surface area is 191 Å². The summed E-state index contributed by atoms with van der Waals surface area (Å²) in [7, 11) is 1.52. The van der Waals surface area contributed by atoms with Crippen LogP contribution in [0.3, 0.4) is 0 Å². The molecule has 1 saturated heterocycles. The van der Waals surface area contributed by atoms with Crippen molar-refractivity contribution in [3.05, 3.63) is 54.1 Å². The molecule has 172 valence electrons. The first-order chi connectivity index (χ1) is 15.9. The Kier molecular flexibility index (Phi) is 6.44. The fourth-order valence-electron chi connectivity index (χ4n) is 4.50. The second-order valence-electron chi connectivity index (χ2n) is 8.55. The minimum atomic E-state index is -0.677. The molecule has 2 fully saturated rings. The van der Waals surface area contributed by atoms with Crippen molar-refractivity contribution >= 4 is 35.1 Å². The molecular formula is C25H26N2O6. The Morgan fingerprint density at radius 3 is 2.48 bits per heavy atom. The molecule has 33 heavy (non-hydrogen) atoms. The lowest BCUT2D eigenvalue weighted by Gasteiger charge is -2.25. The van der Waals surface area contributed by atoms with Crippen molar-refractivity contribution in [2.75, 3.05) is 23.9 Å². The predicted octanol–water partition coefficient (Wildman–Crippen LogP) is 3.42. The molecule has 0 unspecified atom stereocenters. The summed E-state index contributed by atoms with van der Waals surface area (Å²) in [5.41, 5.74) is 1.19. The van der Waals surface area contributed by atoms with E-state index in [9.17, 15) is 19.2 Å². The van der Waals surface area contributed by atoms with Gasteiger partial charge in [-0.25, -0.2) is 4.79 Å². The quantitative estimate of drug-likeness (QED) is 0.535. The number of ether oxygens (including phenoxy) is 2. The van der Waals surface area contributed by atoms with Crippen LogP contribution < -0.4 is 15.0 Å². The number of benzene rings is 2. The summed E-state index contributed by atoms with van der Waals surface area (Å²) in [4.78, 5) is 51.3. The van der Waals surface area contributed by atoms with Crippen LogP contribution in [0.1, 0.15) is 36.5 Å². The molecule has 1 aliphatic heterocycles. The second-order valence-corrected chi connectivity index (χ2v) is 8.55. The summed E-state index contributed by atoms with van der Waals surface area (Å²) in [6.45, 7) is 1.65. The van der Waals surface area contributed by atoms with Gasteiger partial charge in [0.2, 0.25) is 11.8 Å². The summed E-state index contributed by atoms with van der Waals surface area (Å²) in [5, 5.41) is 2.63. The zero-order valence-electron chi connectivity index (χ0n) is 18.6. The highest BCUT2D eigenvalue weighted by molar-refractivity contribution is 6.22. The number of carbonyl (C=O) groups is 4. The van der Waals surface area contributed by atoms with Gasteiger partial charge in [0.05, 0.1) is 30.2 Å². The topological polar surface area (TPSA) is 102 Å². The Bertz CT molecular complexity index is 1080. The van der Waals surface area contributed by atoms with Crippen molar-refractivity contribution in [1.29, 1.82) is 0 Å². The van der Waals surface area contributed by atoms with Crippen LogP contribution in [0.15, 0.2) is 48.5 Å². The highest BCUT2D eigenvalue weighted by Crippen LogP contribution is 2.42. The molecule has 0 spiro atoms. The first kappa shape index (κ1) is 22.5. The number of imide groups is 1. The van der Waals surface area contributed by atoms with E-state index in [-0.39, 0.29) is 29.2 Å². The van der Waals surface area contributed by atoms with E-state index < -0.39 is 18.5 Å². The van der Waals surface area contributed by atoms with Crippen LogP contribution in [-0.2, 0) is 19.1 Å². The van der Waals surface area contributed by atoms with Gasteiger partial charge in [-0.2, -0.15) is 0 Å². The van der Waals surface area contributed by atoms with E-state index in [4.69, 9.17) is 9.47 Å². The molecule has 1 saturated carbocycles. The highest BCUT2D eigenvalue weighted by Gasteiger charge is 2.49. The summed E-state index contributed by atoms with van der Waals surface area (Å²) < 4.78 is 10.2. The predicted molar refractivity (Wildman–Crippen MR) is 121 cm³/mol. The summed E-state index contributed by atoms with van der Waals surface area (Å²) in [6.07, 6.45) is 2.41. The van der Waals surface area contributed by atoms with Gasteiger partial charge in [-0.05, 0) is 61.6 Å². The minimum absolute atomic E-state index is 0.165. The molecule has 3 amide bonds. The van der Waals surface area contributed by atoms with Crippen molar-refractivity contribution < 1.29 is 28.7 Å². The molecular weight excluding hydrogens is 424 g/mol. The fourth-order valence-corrected chi connectivity index (χ4v) is 4.50. The number of nitrogens with one attached hydrogen (secondary N) is 1. The molecule has 2 aliphatic rings. The number of amides is 3. The van der Waals surface area contributed by atoms with Crippen LogP contribution in [0.2, 0.25) is 0 Å². The van der Waals surface area contributed by atoms with Gasteiger partial charge in [-0.3, -0.25) is 19.3 Å². The number of hydrogen-bond donors (Lipinski definition) is 1. The van der Waals surface area contributed by atoms with E-state index in [1.165, 1.54) is 24.1 Å².